The zero-order valence-corrected chi connectivity index (χ0v) is 12.9. The van der Waals surface area contributed by atoms with Crippen LogP contribution < -0.4 is 20.9 Å². The highest BCUT2D eigenvalue weighted by atomic mass is 35.5. The summed E-state index contributed by atoms with van der Waals surface area (Å²) in [6, 6.07) is 3.46. The van der Waals surface area contributed by atoms with E-state index in [9.17, 15) is 0 Å². The fraction of sp³-hybridized carbons (Fsp3) is 0.385. The van der Waals surface area contributed by atoms with Gasteiger partial charge in [0.1, 0.15) is 6.61 Å². The minimum atomic E-state index is -0.765. The van der Waals surface area contributed by atoms with E-state index >= 15 is 0 Å². The molecule has 1 aromatic carbocycles. The maximum absolute atomic E-state index is 6.21. The van der Waals surface area contributed by atoms with Gasteiger partial charge < -0.3 is 20.9 Å². The quantitative estimate of drug-likeness (QED) is 0.864. The van der Waals surface area contributed by atoms with Crippen LogP contribution in [-0.4, -0.2) is 29.4 Å². The molecule has 0 saturated heterocycles. The molecular formula is C13H16ClN5O3. The summed E-state index contributed by atoms with van der Waals surface area (Å²) >= 11 is 6.21. The predicted octanol–water partition coefficient (Wildman–Crippen LogP) is 1.18. The molecule has 118 valence electrons. The van der Waals surface area contributed by atoms with Gasteiger partial charge in [-0.3, -0.25) is 4.84 Å². The van der Waals surface area contributed by atoms with E-state index < -0.39 is 5.66 Å². The smallest absolute Gasteiger partial charge is 0.231 e. The van der Waals surface area contributed by atoms with Gasteiger partial charge in [0.25, 0.3) is 0 Å². The number of rotatable bonds is 3. The Kier molecular flexibility index (Phi) is 3.50. The molecule has 3 rings (SSSR count). The van der Waals surface area contributed by atoms with E-state index in [1.54, 1.807) is 12.1 Å². The van der Waals surface area contributed by atoms with Gasteiger partial charge >= 0.3 is 0 Å². The monoisotopic (exact) mass is 325 g/mol. The van der Waals surface area contributed by atoms with Crippen LogP contribution in [0.25, 0.3) is 0 Å². The molecule has 0 fully saturated rings. The second kappa shape index (κ2) is 5.22. The van der Waals surface area contributed by atoms with Crippen molar-refractivity contribution in [1.29, 1.82) is 0 Å². The summed E-state index contributed by atoms with van der Waals surface area (Å²) in [6.45, 7) is 3.97. The molecule has 9 heteroatoms. The van der Waals surface area contributed by atoms with Crippen LogP contribution in [0.1, 0.15) is 19.4 Å². The van der Waals surface area contributed by atoms with Crippen molar-refractivity contribution in [2.75, 3.05) is 6.79 Å². The number of fused-ring (bicyclic) bond motifs is 1. The summed E-state index contributed by atoms with van der Waals surface area (Å²) in [5.74, 6) is 1.49. The molecular weight excluding hydrogens is 310 g/mol. The normalized spacial score (nSPS) is 19.0. The Bertz CT molecular complexity index is 674. The van der Waals surface area contributed by atoms with Gasteiger partial charge in [-0.25, -0.2) is 4.99 Å². The van der Waals surface area contributed by atoms with Gasteiger partial charge in [-0.2, -0.15) is 10.1 Å². The van der Waals surface area contributed by atoms with Gasteiger partial charge in [0, 0.05) is 11.6 Å². The lowest BCUT2D eigenvalue weighted by atomic mass is 10.2. The van der Waals surface area contributed by atoms with E-state index in [-0.39, 0.29) is 25.3 Å². The number of hydrogen-bond donors (Lipinski definition) is 2. The Morgan fingerprint density at radius 3 is 2.68 bits per heavy atom. The van der Waals surface area contributed by atoms with Crippen molar-refractivity contribution in [3.63, 3.8) is 0 Å². The maximum Gasteiger partial charge on any atom is 0.231 e. The molecule has 8 nitrogen and oxygen atoms in total. The summed E-state index contributed by atoms with van der Waals surface area (Å²) in [5.41, 5.74) is 11.4. The van der Waals surface area contributed by atoms with E-state index in [2.05, 4.69) is 9.98 Å². The summed E-state index contributed by atoms with van der Waals surface area (Å²) in [5, 5.41) is 1.90. The molecule has 0 atom stereocenters. The molecule has 2 aliphatic rings. The van der Waals surface area contributed by atoms with Gasteiger partial charge in [0.05, 0.1) is 5.02 Å². The first-order valence-electron chi connectivity index (χ1n) is 6.57. The van der Waals surface area contributed by atoms with E-state index in [1.165, 1.54) is 5.06 Å². The largest absolute Gasteiger partial charge is 0.454 e. The minimum absolute atomic E-state index is 0.114. The second-order valence-electron chi connectivity index (χ2n) is 5.30. The van der Waals surface area contributed by atoms with Crippen molar-refractivity contribution in [3.05, 3.63) is 22.7 Å². The van der Waals surface area contributed by atoms with Crippen molar-refractivity contribution in [1.82, 2.24) is 5.06 Å². The van der Waals surface area contributed by atoms with Crippen LogP contribution in [0.15, 0.2) is 22.1 Å². The highest BCUT2D eigenvalue weighted by molar-refractivity contribution is 6.31. The first-order chi connectivity index (χ1) is 10.4. The Hall–Kier alpha value is -2.19. The number of ether oxygens (including phenoxy) is 2. The Morgan fingerprint density at radius 2 is 2.00 bits per heavy atom. The first-order valence-corrected chi connectivity index (χ1v) is 6.95. The van der Waals surface area contributed by atoms with Gasteiger partial charge in [-0.05, 0) is 19.9 Å². The first kappa shape index (κ1) is 14.7. The predicted molar refractivity (Wildman–Crippen MR) is 81.5 cm³/mol. The van der Waals surface area contributed by atoms with Gasteiger partial charge in [-0.1, -0.05) is 11.6 Å². The molecule has 0 amide bonds. The summed E-state index contributed by atoms with van der Waals surface area (Å²) < 4.78 is 10.6. The molecule has 2 heterocycles. The zero-order chi connectivity index (χ0) is 15.9. The van der Waals surface area contributed by atoms with Crippen molar-refractivity contribution in [2.45, 2.75) is 26.1 Å². The van der Waals surface area contributed by atoms with Gasteiger partial charge in [-0.15, -0.1) is 0 Å². The fourth-order valence-corrected chi connectivity index (χ4v) is 2.43. The number of benzene rings is 1. The van der Waals surface area contributed by atoms with Crippen LogP contribution in [0.5, 0.6) is 11.5 Å². The third kappa shape index (κ3) is 2.62. The third-order valence-corrected chi connectivity index (χ3v) is 3.56. The SMILES string of the molecule is CC1(C)N=C(N)N=C(N)N1OCc1cc2c(cc1Cl)OCO2. The van der Waals surface area contributed by atoms with Crippen LogP contribution in [0.4, 0.5) is 0 Å². The standard InChI is InChI=1S/C13H16ClN5O3/c1-13(2)18-11(15)17-12(16)19(13)22-5-7-3-9-10(4-8(7)14)21-6-20-9/h3-4H,5-6H2,1-2H3,(H4,15,16,17,18). The molecule has 0 aromatic heterocycles. The molecule has 22 heavy (non-hydrogen) atoms. The number of hydrogen-bond acceptors (Lipinski definition) is 8. The lowest BCUT2D eigenvalue weighted by Crippen LogP contribution is -2.53. The Balaban J connectivity index is 1.77. The fourth-order valence-electron chi connectivity index (χ4n) is 2.22. The van der Waals surface area contributed by atoms with Crippen molar-refractivity contribution >= 4 is 23.5 Å². The van der Waals surface area contributed by atoms with Crippen LogP contribution >= 0.6 is 11.6 Å². The Labute approximate surface area is 132 Å². The maximum atomic E-state index is 6.21. The molecule has 1 aromatic rings. The number of nitrogens with zero attached hydrogens (tertiary/aromatic N) is 3. The average molecular weight is 326 g/mol. The van der Waals surface area contributed by atoms with E-state index in [0.717, 1.165) is 5.56 Å². The molecule has 0 aliphatic carbocycles. The molecule has 0 spiro atoms. The second-order valence-corrected chi connectivity index (χ2v) is 5.71. The van der Waals surface area contributed by atoms with Crippen molar-refractivity contribution in [2.24, 2.45) is 21.5 Å². The average Bonchev–Trinajstić information content (AvgIpc) is 2.83. The Morgan fingerprint density at radius 1 is 1.32 bits per heavy atom. The number of nitrogens with two attached hydrogens (primary N) is 2. The lowest BCUT2D eigenvalue weighted by Gasteiger charge is -2.36. The molecule has 4 N–H and O–H groups in total. The zero-order valence-electron chi connectivity index (χ0n) is 12.2. The number of aliphatic imine (C=N–C) groups is 2. The highest BCUT2D eigenvalue weighted by Gasteiger charge is 2.33. The number of guanidine groups is 2. The van der Waals surface area contributed by atoms with E-state index in [4.69, 9.17) is 37.4 Å². The van der Waals surface area contributed by atoms with Gasteiger partial charge in [0.2, 0.25) is 18.7 Å². The lowest BCUT2D eigenvalue weighted by molar-refractivity contribution is -0.166. The van der Waals surface area contributed by atoms with Gasteiger partial charge in [0.15, 0.2) is 17.2 Å². The summed E-state index contributed by atoms with van der Waals surface area (Å²) in [7, 11) is 0. The molecule has 0 radical (unpaired) electrons. The summed E-state index contributed by atoms with van der Waals surface area (Å²) in [6.07, 6.45) is 0. The van der Waals surface area contributed by atoms with Crippen molar-refractivity contribution < 1.29 is 14.3 Å². The highest BCUT2D eigenvalue weighted by Crippen LogP contribution is 2.37. The molecule has 0 bridgehead atoms. The van der Waals surface area contributed by atoms with Crippen LogP contribution in [0.3, 0.4) is 0 Å². The molecule has 2 aliphatic heterocycles. The van der Waals surface area contributed by atoms with Crippen LogP contribution in [0.2, 0.25) is 5.02 Å². The molecule has 0 unspecified atom stereocenters. The minimum Gasteiger partial charge on any atom is -0.454 e. The van der Waals surface area contributed by atoms with Crippen molar-refractivity contribution in [3.8, 4) is 11.5 Å². The van der Waals surface area contributed by atoms with E-state index in [1.807, 2.05) is 13.8 Å². The summed E-state index contributed by atoms with van der Waals surface area (Å²) in [4.78, 5) is 13.8. The number of halogens is 1. The topological polar surface area (TPSA) is 108 Å². The van der Waals surface area contributed by atoms with Crippen LogP contribution in [0, 0.1) is 0 Å². The number of hydroxylamine groups is 2. The van der Waals surface area contributed by atoms with Crippen LogP contribution in [-0.2, 0) is 11.4 Å². The third-order valence-electron chi connectivity index (χ3n) is 3.21. The van der Waals surface area contributed by atoms with E-state index in [0.29, 0.717) is 16.5 Å². The molecule has 0 saturated carbocycles.